The molecule has 0 saturated heterocycles. The maximum Gasteiger partial charge on any atom is 2.00 e. The maximum atomic E-state index is 10.2. The predicted octanol–water partition coefficient (Wildman–Crippen LogP) is 6.31. The first-order valence-corrected chi connectivity index (χ1v) is 16.2. The summed E-state index contributed by atoms with van der Waals surface area (Å²) in [6, 6.07) is 0.503. The second-order valence-corrected chi connectivity index (χ2v) is 11.3. The van der Waals surface area contributed by atoms with Crippen LogP contribution in [0, 0.1) is 0 Å². The predicted molar refractivity (Wildman–Crippen MR) is 157 cm³/mol. The first kappa shape index (κ1) is 42.8. The van der Waals surface area contributed by atoms with Crippen molar-refractivity contribution in [3.63, 3.8) is 0 Å². The minimum absolute atomic E-state index is 0. The molecule has 237 valence electrons. The van der Waals surface area contributed by atoms with Crippen molar-refractivity contribution in [3.8, 4) is 0 Å². The van der Waals surface area contributed by atoms with E-state index >= 15 is 0 Å². The smallest absolute Gasteiger partial charge is 0.550 e. The molecule has 0 fully saturated rings. The number of unbranched alkanes of at least 4 members (excludes halogenated alkanes) is 16. The SMILES string of the molecule is CCCCCCCCCCC(N)CCCCC(=O)[O-].CCCCCCCCCCC(N)CCCCC(=O)[O-].[Cu+2]. The van der Waals surface area contributed by atoms with Gasteiger partial charge in [-0.1, -0.05) is 129 Å². The van der Waals surface area contributed by atoms with Gasteiger partial charge < -0.3 is 31.3 Å². The zero-order valence-electron chi connectivity index (χ0n) is 25.6. The van der Waals surface area contributed by atoms with E-state index in [0.717, 1.165) is 38.5 Å². The van der Waals surface area contributed by atoms with Crippen LogP contribution in [-0.2, 0) is 26.7 Å². The third-order valence-corrected chi connectivity index (χ3v) is 7.27. The molecule has 4 N–H and O–H groups in total. The fourth-order valence-electron chi connectivity index (χ4n) is 4.72. The van der Waals surface area contributed by atoms with E-state index in [9.17, 15) is 19.8 Å². The molecule has 0 aromatic heterocycles. The zero-order valence-corrected chi connectivity index (χ0v) is 26.6. The molecule has 39 heavy (non-hydrogen) atoms. The van der Waals surface area contributed by atoms with Gasteiger partial charge in [0.2, 0.25) is 0 Å². The summed E-state index contributed by atoms with van der Waals surface area (Å²) < 4.78 is 0. The van der Waals surface area contributed by atoms with Gasteiger partial charge in [-0.15, -0.1) is 0 Å². The molecule has 0 saturated carbocycles. The van der Waals surface area contributed by atoms with Crippen molar-refractivity contribution in [1.29, 1.82) is 0 Å². The van der Waals surface area contributed by atoms with Crippen molar-refractivity contribution in [1.82, 2.24) is 0 Å². The summed E-state index contributed by atoms with van der Waals surface area (Å²) >= 11 is 0. The number of rotatable bonds is 28. The fourth-order valence-corrected chi connectivity index (χ4v) is 4.72. The van der Waals surface area contributed by atoms with Gasteiger partial charge in [0.25, 0.3) is 0 Å². The fraction of sp³-hybridized carbons (Fsp3) is 0.938. The van der Waals surface area contributed by atoms with Gasteiger partial charge in [0.1, 0.15) is 0 Å². The van der Waals surface area contributed by atoms with Gasteiger partial charge in [-0.25, -0.2) is 0 Å². The Morgan fingerprint density at radius 2 is 0.692 bits per heavy atom. The summed E-state index contributed by atoms with van der Waals surface area (Å²) in [5.41, 5.74) is 12.0. The van der Waals surface area contributed by atoms with E-state index in [1.807, 2.05) is 0 Å². The van der Waals surface area contributed by atoms with Crippen LogP contribution in [0.2, 0.25) is 0 Å². The molecule has 6 nitrogen and oxygen atoms in total. The third kappa shape index (κ3) is 42.0. The van der Waals surface area contributed by atoms with E-state index in [1.165, 1.54) is 103 Å². The van der Waals surface area contributed by atoms with E-state index in [1.54, 1.807) is 0 Å². The number of carboxylic acid groups (broad SMARTS) is 2. The van der Waals surface area contributed by atoms with Crippen molar-refractivity contribution in [2.45, 2.75) is 193 Å². The van der Waals surface area contributed by atoms with Gasteiger partial charge in [-0.2, -0.15) is 0 Å². The van der Waals surface area contributed by atoms with Crippen LogP contribution < -0.4 is 21.7 Å². The number of hydrogen-bond donors (Lipinski definition) is 2. The van der Waals surface area contributed by atoms with E-state index in [-0.39, 0.29) is 42.0 Å². The van der Waals surface area contributed by atoms with Crippen molar-refractivity contribution < 1.29 is 36.9 Å². The molecular formula is C32H64CuN2O4. The van der Waals surface area contributed by atoms with Gasteiger partial charge in [0, 0.05) is 24.0 Å². The third-order valence-electron chi connectivity index (χ3n) is 7.27. The van der Waals surface area contributed by atoms with E-state index in [0.29, 0.717) is 12.8 Å². The van der Waals surface area contributed by atoms with Crippen molar-refractivity contribution >= 4 is 11.9 Å². The molecule has 0 aliphatic rings. The van der Waals surface area contributed by atoms with Gasteiger partial charge >= 0.3 is 17.1 Å². The average molecular weight is 604 g/mol. The minimum atomic E-state index is -0.948. The van der Waals surface area contributed by atoms with Crippen LogP contribution in [-0.4, -0.2) is 24.0 Å². The summed E-state index contributed by atoms with van der Waals surface area (Å²) in [4.78, 5) is 20.5. The molecule has 0 aromatic carbocycles. The summed E-state index contributed by atoms with van der Waals surface area (Å²) in [7, 11) is 0. The Morgan fingerprint density at radius 3 is 0.949 bits per heavy atom. The van der Waals surface area contributed by atoms with Crippen molar-refractivity contribution in [3.05, 3.63) is 0 Å². The number of carbonyl (C=O) groups excluding carboxylic acids is 2. The van der Waals surface area contributed by atoms with E-state index in [2.05, 4.69) is 13.8 Å². The molecule has 0 aliphatic heterocycles. The molecule has 0 spiro atoms. The van der Waals surface area contributed by atoms with Gasteiger partial charge in [0.15, 0.2) is 0 Å². The topological polar surface area (TPSA) is 132 Å². The molecule has 0 aliphatic carbocycles. The number of carbonyl (C=O) groups is 2. The van der Waals surface area contributed by atoms with Gasteiger partial charge in [-0.05, 0) is 51.4 Å². The van der Waals surface area contributed by atoms with Crippen LogP contribution >= 0.6 is 0 Å². The number of carboxylic acids is 2. The molecule has 7 heteroatoms. The summed E-state index contributed by atoms with van der Waals surface area (Å²) in [6.45, 7) is 4.49. The Hall–Kier alpha value is -0.621. The Morgan fingerprint density at radius 1 is 0.462 bits per heavy atom. The first-order valence-electron chi connectivity index (χ1n) is 16.2. The summed E-state index contributed by atoms with van der Waals surface area (Å²) in [6.07, 6.45) is 28.9. The van der Waals surface area contributed by atoms with Crippen LogP contribution in [0.3, 0.4) is 0 Å². The van der Waals surface area contributed by atoms with E-state index in [4.69, 9.17) is 11.5 Å². The quantitative estimate of drug-likeness (QED) is 0.0795. The molecular weight excluding hydrogens is 540 g/mol. The normalized spacial score (nSPS) is 12.2. The average Bonchev–Trinajstić information content (AvgIpc) is 2.88. The second kappa shape index (κ2) is 35.4. The van der Waals surface area contributed by atoms with Crippen LogP contribution in [0.1, 0.15) is 181 Å². The first-order chi connectivity index (χ1) is 18.3. The van der Waals surface area contributed by atoms with Crippen LogP contribution in [0.25, 0.3) is 0 Å². The standard InChI is InChI=1S/2C16H33NO2.Cu/c2*1-2-3-4-5-6-7-8-9-12-15(17)13-10-11-14-16(18)19;/h2*15H,2-14,17H2,1H3,(H,18,19);/q;;+2/p-2. The molecule has 1 radical (unpaired) electrons. The Balaban J connectivity index is -0.000000648. The van der Waals surface area contributed by atoms with Crippen LogP contribution in [0.5, 0.6) is 0 Å². The molecule has 2 unspecified atom stereocenters. The summed E-state index contributed by atoms with van der Waals surface area (Å²) in [5.74, 6) is -1.90. The van der Waals surface area contributed by atoms with Crippen molar-refractivity contribution in [2.75, 3.05) is 0 Å². The van der Waals surface area contributed by atoms with E-state index < -0.39 is 11.9 Å². The number of aliphatic carboxylic acids is 2. The monoisotopic (exact) mass is 603 g/mol. The van der Waals surface area contributed by atoms with Gasteiger partial charge in [-0.3, -0.25) is 0 Å². The molecule has 2 atom stereocenters. The molecule has 0 bridgehead atoms. The van der Waals surface area contributed by atoms with Crippen molar-refractivity contribution in [2.24, 2.45) is 11.5 Å². The number of nitrogens with two attached hydrogens (primary N) is 2. The molecule has 0 aromatic rings. The Bertz CT molecular complexity index is 465. The molecule has 0 amide bonds. The zero-order chi connectivity index (χ0) is 28.7. The van der Waals surface area contributed by atoms with Crippen LogP contribution in [0.4, 0.5) is 0 Å². The minimum Gasteiger partial charge on any atom is -0.550 e. The van der Waals surface area contributed by atoms with Crippen LogP contribution in [0.15, 0.2) is 0 Å². The summed E-state index contributed by atoms with van der Waals surface area (Å²) in [5, 5.41) is 20.5. The Kier molecular flexibility index (Phi) is 38.9. The largest absolute Gasteiger partial charge is 2.00 e. The molecule has 0 heterocycles. The number of hydrogen-bond acceptors (Lipinski definition) is 6. The second-order valence-electron chi connectivity index (χ2n) is 11.3. The van der Waals surface area contributed by atoms with Gasteiger partial charge in [0.05, 0.1) is 0 Å². The Labute approximate surface area is 252 Å². The maximum absolute atomic E-state index is 10.2. The molecule has 0 rings (SSSR count).